The van der Waals surface area contributed by atoms with Crippen LogP contribution in [0.15, 0.2) is 28.9 Å². The zero-order chi connectivity index (χ0) is 10.3. The Labute approximate surface area is 89.5 Å². The van der Waals surface area contributed by atoms with Crippen LogP contribution < -0.4 is 0 Å². The van der Waals surface area contributed by atoms with Crippen LogP contribution in [0.2, 0.25) is 0 Å². The van der Waals surface area contributed by atoms with E-state index in [-0.39, 0.29) is 0 Å². The SMILES string of the molecule is Cc1nonc1-c1nc2ccccc2s1. The van der Waals surface area contributed by atoms with Crippen LogP contribution in [-0.4, -0.2) is 15.3 Å². The maximum atomic E-state index is 4.66. The molecule has 0 aliphatic carbocycles. The van der Waals surface area contributed by atoms with Crippen molar-refractivity contribution < 1.29 is 4.63 Å². The number of benzene rings is 1. The number of thiazole rings is 1. The molecule has 3 aromatic rings. The Hall–Kier alpha value is -1.75. The quantitative estimate of drug-likeness (QED) is 0.628. The first kappa shape index (κ1) is 8.55. The van der Waals surface area contributed by atoms with E-state index in [1.54, 1.807) is 11.3 Å². The first-order chi connectivity index (χ1) is 7.34. The van der Waals surface area contributed by atoms with Crippen molar-refractivity contribution in [2.75, 3.05) is 0 Å². The molecule has 0 fully saturated rings. The van der Waals surface area contributed by atoms with Gasteiger partial charge in [0, 0.05) is 0 Å². The largest absolute Gasteiger partial charge is 0.244 e. The van der Waals surface area contributed by atoms with Gasteiger partial charge in [-0.3, -0.25) is 0 Å². The Balaban J connectivity index is 2.24. The third kappa shape index (κ3) is 1.32. The fraction of sp³-hybridized carbons (Fsp3) is 0.100. The molecular formula is C10H7N3OS. The van der Waals surface area contributed by atoms with E-state index in [9.17, 15) is 0 Å². The number of hydrogen-bond donors (Lipinski definition) is 0. The fourth-order valence-corrected chi connectivity index (χ4v) is 2.40. The number of para-hydroxylation sites is 1. The molecule has 0 saturated carbocycles. The van der Waals surface area contributed by atoms with Gasteiger partial charge in [0.15, 0.2) is 5.69 Å². The van der Waals surface area contributed by atoms with Gasteiger partial charge in [-0.25, -0.2) is 9.61 Å². The topological polar surface area (TPSA) is 51.8 Å². The Morgan fingerprint density at radius 1 is 1.20 bits per heavy atom. The average Bonchev–Trinajstić information content (AvgIpc) is 2.82. The van der Waals surface area contributed by atoms with Gasteiger partial charge >= 0.3 is 0 Å². The van der Waals surface area contributed by atoms with Crippen LogP contribution in [0.1, 0.15) is 5.69 Å². The lowest BCUT2D eigenvalue weighted by Gasteiger charge is -1.84. The summed E-state index contributed by atoms with van der Waals surface area (Å²) in [6.07, 6.45) is 0. The van der Waals surface area contributed by atoms with E-state index in [0.717, 1.165) is 26.6 Å². The Kier molecular flexibility index (Phi) is 1.78. The molecule has 0 amide bonds. The highest BCUT2D eigenvalue weighted by Crippen LogP contribution is 2.29. The molecule has 3 rings (SSSR count). The molecule has 0 bridgehead atoms. The van der Waals surface area contributed by atoms with Crippen molar-refractivity contribution in [2.24, 2.45) is 0 Å². The van der Waals surface area contributed by atoms with E-state index in [0.29, 0.717) is 0 Å². The fourth-order valence-electron chi connectivity index (χ4n) is 1.40. The normalized spacial score (nSPS) is 11.0. The van der Waals surface area contributed by atoms with Crippen molar-refractivity contribution in [3.05, 3.63) is 30.0 Å². The van der Waals surface area contributed by atoms with Crippen LogP contribution in [0, 0.1) is 6.92 Å². The minimum atomic E-state index is 0.733. The molecule has 2 aromatic heterocycles. The maximum absolute atomic E-state index is 4.66. The molecule has 0 radical (unpaired) electrons. The van der Waals surface area contributed by atoms with Crippen molar-refractivity contribution in [1.82, 2.24) is 15.3 Å². The summed E-state index contributed by atoms with van der Waals surface area (Å²) in [4.78, 5) is 4.47. The summed E-state index contributed by atoms with van der Waals surface area (Å²) < 4.78 is 5.81. The molecule has 0 saturated heterocycles. The molecule has 0 spiro atoms. The summed E-state index contributed by atoms with van der Waals surface area (Å²) in [6, 6.07) is 8.00. The van der Waals surface area contributed by atoms with Crippen LogP contribution in [0.3, 0.4) is 0 Å². The van der Waals surface area contributed by atoms with Crippen LogP contribution in [0.4, 0.5) is 0 Å². The zero-order valence-electron chi connectivity index (χ0n) is 7.97. The summed E-state index contributed by atoms with van der Waals surface area (Å²) in [5.74, 6) is 0. The Morgan fingerprint density at radius 2 is 2.07 bits per heavy atom. The van der Waals surface area contributed by atoms with Gasteiger partial charge in [-0.15, -0.1) is 11.3 Å². The van der Waals surface area contributed by atoms with Gasteiger partial charge in [0.25, 0.3) is 0 Å². The average molecular weight is 217 g/mol. The number of nitrogens with zero attached hydrogens (tertiary/aromatic N) is 3. The lowest BCUT2D eigenvalue weighted by Crippen LogP contribution is -1.78. The van der Waals surface area contributed by atoms with E-state index < -0.39 is 0 Å². The highest BCUT2D eigenvalue weighted by atomic mass is 32.1. The number of fused-ring (bicyclic) bond motifs is 1. The second kappa shape index (κ2) is 3.13. The van der Waals surface area contributed by atoms with E-state index in [4.69, 9.17) is 0 Å². The van der Waals surface area contributed by atoms with Crippen LogP contribution >= 0.6 is 11.3 Å². The summed E-state index contributed by atoms with van der Waals surface area (Å²) in [6.45, 7) is 1.86. The number of aryl methyl sites for hydroxylation is 1. The molecule has 2 heterocycles. The number of rotatable bonds is 1. The van der Waals surface area contributed by atoms with E-state index in [1.165, 1.54) is 0 Å². The van der Waals surface area contributed by atoms with Crippen LogP contribution in [-0.2, 0) is 0 Å². The summed E-state index contributed by atoms with van der Waals surface area (Å²) >= 11 is 1.60. The number of hydrogen-bond acceptors (Lipinski definition) is 5. The minimum Gasteiger partial charge on any atom is -0.244 e. The lowest BCUT2D eigenvalue weighted by atomic mass is 10.3. The first-order valence-electron chi connectivity index (χ1n) is 4.50. The molecular weight excluding hydrogens is 210 g/mol. The van der Waals surface area contributed by atoms with Crippen molar-refractivity contribution in [3.8, 4) is 10.7 Å². The molecule has 15 heavy (non-hydrogen) atoms. The van der Waals surface area contributed by atoms with Crippen molar-refractivity contribution in [2.45, 2.75) is 6.92 Å². The molecule has 0 aliphatic heterocycles. The van der Waals surface area contributed by atoms with Crippen molar-refractivity contribution in [1.29, 1.82) is 0 Å². The van der Waals surface area contributed by atoms with Crippen molar-refractivity contribution in [3.63, 3.8) is 0 Å². The van der Waals surface area contributed by atoms with Gasteiger partial charge < -0.3 is 0 Å². The van der Waals surface area contributed by atoms with Gasteiger partial charge in [-0.2, -0.15) is 0 Å². The lowest BCUT2D eigenvalue weighted by molar-refractivity contribution is 0.306. The smallest absolute Gasteiger partial charge is 0.166 e. The van der Waals surface area contributed by atoms with E-state index in [1.807, 2.05) is 31.2 Å². The molecule has 74 valence electrons. The predicted molar refractivity (Wildman–Crippen MR) is 57.6 cm³/mol. The van der Waals surface area contributed by atoms with Crippen LogP contribution in [0.5, 0.6) is 0 Å². The van der Waals surface area contributed by atoms with Gasteiger partial charge in [0.2, 0.25) is 0 Å². The van der Waals surface area contributed by atoms with Crippen LogP contribution in [0.25, 0.3) is 20.9 Å². The summed E-state index contributed by atoms with van der Waals surface area (Å²) in [7, 11) is 0. The van der Waals surface area contributed by atoms with Gasteiger partial charge in [0.05, 0.1) is 10.2 Å². The molecule has 1 aromatic carbocycles. The first-order valence-corrected chi connectivity index (χ1v) is 5.31. The molecule has 0 atom stereocenters. The second-order valence-electron chi connectivity index (χ2n) is 3.18. The summed E-state index contributed by atoms with van der Waals surface area (Å²) in [5.41, 5.74) is 2.49. The highest BCUT2D eigenvalue weighted by molar-refractivity contribution is 7.21. The maximum Gasteiger partial charge on any atom is 0.166 e. The second-order valence-corrected chi connectivity index (χ2v) is 4.22. The third-order valence-corrected chi connectivity index (χ3v) is 3.19. The Morgan fingerprint density at radius 3 is 2.80 bits per heavy atom. The molecule has 5 heteroatoms. The van der Waals surface area contributed by atoms with Gasteiger partial charge in [-0.05, 0) is 24.2 Å². The molecule has 0 N–H and O–H groups in total. The summed E-state index contributed by atoms with van der Waals surface area (Å²) in [5, 5.41) is 8.44. The monoisotopic (exact) mass is 217 g/mol. The minimum absolute atomic E-state index is 0.733. The standard InChI is InChI=1S/C10H7N3OS/c1-6-9(13-14-12-6)10-11-7-4-2-3-5-8(7)15-10/h2-5H,1H3. The predicted octanol–water partition coefficient (Wildman–Crippen LogP) is 2.65. The molecule has 0 aliphatic rings. The number of aromatic nitrogens is 3. The van der Waals surface area contributed by atoms with E-state index in [2.05, 4.69) is 19.9 Å². The molecule has 0 unspecified atom stereocenters. The van der Waals surface area contributed by atoms with E-state index >= 15 is 0 Å². The third-order valence-electron chi connectivity index (χ3n) is 2.15. The highest BCUT2D eigenvalue weighted by Gasteiger charge is 2.12. The Bertz CT molecular complexity index is 581. The van der Waals surface area contributed by atoms with Crippen molar-refractivity contribution >= 4 is 21.6 Å². The van der Waals surface area contributed by atoms with Gasteiger partial charge in [0.1, 0.15) is 10.7 Å². The van der Waals surface area contributed by atoms with Gasteiger partial charge in [-0.1, -0.05) is 17.3 Å². The zero-order valence-corrected chi connectivity index (χ0v) is 8.78. The molecule has 4 nitrogen and oxygen atoms in total.